The molecule has 0 saturated heterocycles. The molecule has 2 aromatic carbocycles. The van der Waals surface area contributed by atoms with Gasteiger partial charge in [0, 0.05) is 18.0 Å². The number of rotatable bonds is 1. The minimum Gasteiger partial charge on any atom is -0.310 e. The number of nitrogens with zero attached hydrogens (tertiary/aromatic N) is 2. The molecule has 0 unspecified atom stereocenters. The van der Waals surface area contributed by atoms with Crippen LogP contribution in [0.15, 0.2) is 53.3 Å². The van der Waals surface area contributed by atoms with Gasteiger partial charge in [0.2, 0.25) is 0 Å². The van der Waals surface area contributed by atoms with Crippen molar-refractivity contribution in [3.05, 3.63) is 70.0 Å². The van der Waals surface area contributed by atoms with Gasteiger partial charge in [0.25, 0.3) is 5.56 Å². The normalized spacial score (nSPS) is 10.5. The average molecular weight is 274 g/mol. The van der Waals surface area contributed by atoms with Crippen LogP contribution in [0.25, 0.3) is 22.0 Å². The lowest BCUT2D eigenvalue weighted by Gasteiger charge is -2.12. The molecule has 0 aliphatic carbocycles. The molecule has 0 aliphatic rings. The second-order valence-corrected chi connectivity index (χ2v) is 5.11. The fourth-order valence-electron chi connectivity index (χ4n) is 2.62. The lowest BCUT2D eigenvalue weighted by atomic mass is 9.96. The van der Waals surface area contributed by atoms with Gasteiger partial charge < -0.3 is 4.57 Å². The zero-order valence-electron chi connectivity index (χ0n) is 11.9. The molecule has 0 fully saturated rings. The number of pyridine rings is 1. The largest absolute Gasteiger partial charge is 0.310 e. The van der Waals surface area contributed by atoms with E-state index in [0.717, 1.165) is 27.6 Å². The number of aromatic nitrogens is 1. The second kappa shape index (κ2) is 4.92. The molecule has 1 heterocycles. The van der Waals surface area contributed by atoms with Crippen molar-refractivity contribution in [1.82, 2.24) is 4.57 Å². The maximum Gasteiger partial charge on any atom is 0.269 e. The maximum atomic E-state index is 12.4. The van der Waals surface area contributed by atoms with Crippen LogP contribution < -0.4 is 5.56 Å². The Morgan fingerprint density at radius 2 is 1.71 bits per heavy atom. The molecule has 102 valence electrons. The fraction of sp³-hybridized carbons (Fsp3) is 0.111. The lowest BCUT2D eigenvalue weighted by molar-refractivity contribution is 0.902. The molecule has 3 nitrogen and oxygen atoms in total. The van der Waals surface area contributed by atoms with Crippen molar-refractivity contribution >= 4 is 10.9 Å². The van der Waals surface area contributed by atoms with Crippen LogP contribution in [-0.4, -0.2) is 4.57 Å². The van der Waals surface area contributed by atoms with Gasteiger partial charge in [0.15, 0.2) is 0 Å². The molecule has 0 atom stereocenters. The van der Waals surface area contributed by atoms with Gasteiger partial charge in [-0.1, -0.05) is 48.0 Å². The topological polar surface area (TPSA) is 45.8 Å². The molecular weight excluding hydrogens is 260 g/mol. The Labute approximate surface area is 122 Å². The third-order valence-corrected chi connectivity index (χ3v) is 3.76. The van der Waals surface area contributed by atoms with Crippen LogP contribution in [0.4, 0.5) is 0 Å². The Morgan fingerprint density at radius 3 is 2.38 bits per heavy atom. The molecule has 0 spiro atoms. The SMILES string of the molecule is Cc1ccc(-c2c(C#N)c(=O)n(C)c3ccccc23)cc1. The van der Waals surface area contributed by atoms with Crippen molar-refractivity contribution in [2.75, 3.05) is 0 Å². The Hall–Kier alpha value is -2.86. The van der Waals surface area contributed by atoms with Crippen LogP contribution in [0.3, 0.4) is 0 Å². The molecule has 0 saturated carbocycles. The minimum absolute atomic E-state index is 0.194. The average Bonchev–Trinajstić information content (AvgIpc) is 2.52. The molecule has 3 rings (SSSR count). The van der Waals surface area contributed by atoms with Crippen LogP contribution in [0.1, 0.15) is 11.1 Å². The molecular formula is C18H14N2O. The van der Waals surface area contributed by atoms with Crippen molar-refractivity contribution in [2.24, 2.45) is 7.05 Å². The zero-order chi connectivity index (χ0) is 15.0. The van der Waals surface area contributed by atoms with Crippen LogP contribution in [0, 0.1) is 18.3 Å². The van der Waals surface area contributed by atoms with E-state index in [4.69, 9.17) is 0 Å². The highest BCUT2D eigenvalue weighted by Crippen LogP contribution is 2.30. The molecule has 1 aromatic heterocycles. The standard InChI is InChI=1S/C18H14N2O/c1-12-7-9-13(10-8-12)17-14-5-3-4-6-16(14)20(2)18(21)15(17)11-19/h3-10H,1-2H3. The van der Waals surface area contributed by atoms with E-state index in [9.17, 15) is 10.1 Å². The number of fused-ring (bicyclic) bond motifs is 1. The van der Waals surface area contributed by atoms with E-state index < -0.39 is 0 Å². The molecule has 0 amide bonds. The molecule has 3 aromatic rings. The molecule has 0 N–H and O–H groups in total. The number of benzene rings is 2. The first-order valence-electron chi connectivity index (χ1n) is 6.72. The van der Waals surface area contributed by atoms with E-state index in [0.29, 0.717) is 0 Å². The highest BCUT2D eigenvalue weighted by atomic mass is 16.1. The molecule has 0 aliphatic heterocycles. The smallest absolute Gasteiger partial charge is 0.269 e. The first kappa shape index (κ1) is 13.1. The van der Waals surface area contributed by atoms with Gasteiger partial charge in [0.1, 0.15) is 11.6 Å². The Morgan fingerprint density at radius 1 is 1.05 bits per heavy atom. The highest BCUT2D eigenvalue weighted by Gasteiger charge is 2.16. The van der Waals surface area contributed by atoms with Gasteiger partial charge in [-0.15, -0.1) is 0 Å². The van der Waals surface area contributed by atoms with Crippen molar-refractivity contribution in [3.63, 3.8) is 0 Å². The van der Waals surface area contributed by atoms with E-state index in [1.165, 1.54) is 4.57 Å². The summed E-state index contributed by atoms with van der Waals surface area (Å²) >= 11 is 0. The molecule has 0 bridgehead atoms. The van der Waals surface area contributed by atoms with E-state index in [-0.39, 0.29) is 11.1 Å². The summed E-state index contributed by atoms with van der Waals surface area (Å²) in [5.41, 5.74) is 3.52. The minimum atomic E-state index is -0.258. The maximum absolute atomic E-state index is 12.4. The van der Waals surface area contributed by atoms with Crippen molar-refractivity contribution in [1.29, 1.82) is 5.26 Å². The Balaban J connectivity index is 2.51. The predicted octanol–water partition coefficient (Wildman–Crippen LogP) is 3.39. The summed E-state index contributed by atoms with van der Waals surface area (Å²) in [7, 11) is 1.70. The number of hydrogen-bond donors (Lipinski definition) is 0. The highest BCUT2D eigenvalue weighted by molar-refractivity contribution is 5.97. The molecule has 0 radical (unpaired) electrons. The third-order valence-electron chi connectivity index (χ3n) is 3.76. The van der Waals surface area contributed by atoms with Gasteiger partial charge in [-0.25, -0.2) is 0 Å². The lowest BCUT2D eigenvalue weighted by Crippen LogP contribution is -2.21. The Kier molecular flexibility index (Phi) is 3.08. The van der Waals surface area contributed by atoms with Gasteiger partial charge in [-0.05, 0) is 18.6 Å². The number of aryl methyl sites for hydroxylation is 2. The number of nitriles is 1. The monoisotopic (exact) mass is 274 g/mol. The third kappa shape index (κ3) is 2.02. The predicted molar refractivity (Wildman–Crippen MR) is 84.1 cm³/mol. The van der Waals surface area contributed by atoms with Gasteiger partial charge in [0.05, 0.1) is 5.52 Å². The van der Waals surface area contributed by atoms with Crippen LogP contribution in [0.2, 0.25) is 0 Å². The van der Waals surface area contributed by atoms with Gasteiger partial charge in [-0.3, -0.25) is 4.79 Å². The summed E-state index contributed by atoms with van der Waals surface area (Å²) in [6.07, 6.45) is 0. The van der Waals surface area contributed by atoms with Crippen LogP contribution >= 0.6 is 0 Å². The summed E-state index contributed by atoms with van der Waals surface area (Å²) in [6, 6.07) is 17.6. The van der Waals surface area contributed by atoms with Crippen molar-refractivity contribution in [2.45, 2.75) is 6.92 Å². The summed E-state index contributed by atoms with van der Waals surface area (Å²) in [6.45, 7) is 2.01. The zero-order valence-corrected chi connectivity index (χ0v) is 11.9. The van der Waals surface area contributed by atoms with Gasteiger partial charge >= 0.3 is 0 Å². The van der Waals surface area contributed by atoms with E-state index >= 15 is 0 Å². The number of hydrogen-bond acceptors (Lipinski definition) is 2. The Bertz CT molecular complexity index is 928. The fourth-order valence-corrected chi connectivity index (χ4v) is 2.62. The van der Waals surface area contributed by atoms with Gasteiger partial charge in [-0.2, -0.15) is 5.26 Å². The van der Waals surface area contributed by atoms with E-state index in [1.807, 2.05) is 55.5 Å². The first-order chi connectivity index (χ1) is 10.1. The first-order valence-corrected chi connectivity index (χ1v) is 6.72. The van der Waals surface area contributed by atoms with E-state index in [1.54, 1.807) is 7.05 Å². The van der Waals surface area contributed by atoms with E-state index in [2.05, 4.69) is 6.07 Å². The van der Waals surface area contributed by atoms with Crippen molar-refractivity contribution < 1.29 is 0 Å². The quantitative estimate of drug-likeness (QED) is 0.683. The summed E-state index contributed by atoms with van der Waals surface area (Å²) in [5, 5.41) is 10.4. The summed E-state index contributed by atoms with van der Waals surface area (Å²) < 4.78 is 1.53. The van der Waals surface area contributed by atoms with Crippen LogP contribution in [0.5, 0.6) is 0 Å². The summed E-state index contributed by atoms with van der Waals surface area (Å²) in [5.74, 6) is 0. The molecule has 3 heteroatoms. The summed E-state index contributed by atoms with van der Waals surface area (Å²) in [4.78, 5) is 12.4. The van der Waals surface area contributed by atoms with Crippen molar-refractivity contribution in [3.8, 4) is 17.2 Å². The number of para-hydroxylation sites is 1. The second-order valence-electron chi connectivity index (χ2n) is 5.11. The van der Waals surface area contributed by atoms with Crippen LogP contribution in [-0.2, 0) is 7.05 Å². The molecule has 21 heavy (non-hydrogen) atoms.